The second kappa shape index (κ2) is 5.70. The number of hydrogen-bond donors (Lipinski definition) is 2. The van der Waals surface area contributed by atoms with E-state index in [-0.39, 0.29) is 0 Å². The van der Waals surface area contributed by atoms with Crippen molar-refractivity contribution in [1.29, 1.82) is 0 Å². The highest BCUT2D eigenvalue weighted by Gasteiger charge is 2.66. The Kier molecular flexibility index (Phi) is 4.41. The summed E-state index contributed by atoms with van der Waals surface area (Å²) in [5, 5.41) is 2.94. The number of carbonyl (C=O) groups excluding carboxylic acids is 2. The van der Waals surface area contributed by atoms with E-state index in [1.807, 2.05) is 0 Å². The van der Waals surface area contributed by atoms with Gasteiger partial charge in [-0.3, -0.25) is 4.79 Å². The molecule has 2 rings (SSSR count). The second-order valence-corrected chi connectivity index (χ2v) is 7.17. The van der Waals surface area contributed by atoms with Crippen molar-refractivity contribution in [3.63, 3.8) is 0 Å². The van der Waals surface area contributed by atoms with E-state index < -0.39 is 34.7 Å². The Morgan fingerprint density at radius 2 is 1.91 bits per heavy atom. The van der Waals surface area contributed by atoms with Crippen LogP contribution in [0.1, 0.15) is 40.0 Å². The van der Waals surface area contributed by atoms with Crippen molar-refractivity contribution in [2.75, 3.05) is 20.3 Å². The van der Waals surface area contributed by atoms with Crippen LogP contribution in [0.25, 0.3) is 0 Å². The zero-order valence-corrected chi connectivity index (χ0v) is 13.7. The molecule has 0 aromatic rings. The first-order chi connectivity index (χ1) is 10.2. The summed E-state index contributed by atoms with van der Waals surface area (Å²) in [6.07, 6.45) is 1.60. The molecule has 3 N–H and O–H groups in total. The number of nitrogens with one attached hydrogen (secondary N) is 1. The summed E-state index contributed by atoms with van der Waals surface area (Å²) in [6, 6.07) is -0.783. The van der Waals surface area contributed by atoms with Gasteiger partial charge in [-0.1, -0.05) is 0 Å². The van der Waals surface area contributed by atoms with E-state index in [1.54, 1.807) is 20.8 Å². The number of amides is 1. The fourth-order valence-corrected chi connectivity index (χ4v) is 3.25. The summed E-state index contributed by atoms with van der Waals surface area (Å²) in [7, 11) is 1.32. The number of alkyl carbamates (subject to hydrolysis) is 1. The molecule has 0 radical (unpaired) electrons. The van der Waals surface area contributed by atoms with E-state index in [9.17, 15) is 9.59 Å². The number of nitrogens with two attached hydrogens (primary N) is 1. The predicted molar refractivity (Wildman–Crippen MR) is 79.2 cm³/mol. The van der Waals surface area contributed by atoms with Crippen molar-refractivity contribution < 1.29 is 23.8 Å². The highest BCUT2D eigenvalue weighted by Crippen LogP contribution is 2.58. The summed E-state index contributed by atoms with van der Waals surface area (Å²) in [5.41, 5.74) is 4.32. The fraction of sp³-hybridized carbons (Fsp3) is 0.867. The van der Waals surface area contributed by atoms with Crippen LogP contribution in [-0.2, 0) is 19.0 Å². The van der Waals surface area contributed by atoms with Crippen molar-refractivity contribution in [3.05, 3.63) is 0 Å². The third-order valence-electron chi connectivity index (χ3n) is 4.55. The maximum absolute atomic E-state index is 12.2. The third kappa shape index (κ3) is 3.05. The Morgan fingerprint density at radius 1 is 1.27 bits per heavy atom. The van der Waals surface area contributed by atoms with Gasteiger partial charge in [0.1, 0.15) is 11.6 Å². The van der Waals surface area contributed by atoms with Crippen LogP contribution in [0, 0.1) is 5.41 Å². The number of esters is 1. The smallest absolute Gasteiger partial charge is 0.408 e. The van der Waals surface area contributed by atoms with Crippen LogP contribution in [0.15, 0.2) is 0 Å². The highest BCUT2D eigenvalue weighted by atomic mass is 16.6. The number of carbonyl (C=O) groups is 2. The predicted octanol–water partition coefficient (Wildman–Crippen LogP) is 0.951. The van der Waals surface area contributed by atoms with Gasteiger partial charge in [0.05, 0.1) is 19.3 Å². The molecule has 2 unspecified atom stereocenters. The van der Waals surface area contributed by atoms with Gasteiger partial charge in [-0.25, -0.2) is 4.79 Å². The van der Waals surface area contributed by atoms with E-state index in [4.69, 9.17) is 19.9 Å². The zero-order valence-electron chi connectivity index (χ0n) is 13.7. The summed E-state index contributed by atoms with van der Waals surface area (Å²) >= 11 is 0. The Bertz CT molecular complexity index is 447. The molecule has 1 saturated heterocycles. The topological polar surface area (TPSA) is 99.9 Å². The van der Waals surface area contributed by atoms with E-state index in [1.165, 1.54) is 7.11 Å². The molecule has 0 aromatic heterocycles. The van der Waals surface area contributed by atoms with Gasteiger partial charge in [0.2, 0.25) is 0 Å². The maximum atomic E-state index is 12.2. The van der Waals surface area contributed by atoms with Gasteiger partial charge in [0.25, 0.3) is 0 Å². The molecule has 2 aliphatic rings. The van der Waals surface area contributed by atoms with Crippen LogP contribution >= 0.6 is 0 Å². The molecule has 22 heavy (non-hydrogen) atoms. The quantitative estimate of drug-likeness (QED) is 0.749. The van der Waals surface area contributed by atoms with Gasteiger partial charge in [-0.15, -0.1) is 0 Å². The van der Waals surface area contributed by atoms with Crippen LogP contribution in [0.4, 0.5) is 4.79 Å². The van der Waals surface area contributed by atoms with Gasteiger partial charge in [-0.2, -0.15) is 0 Å². The molecule has 1 aliphatic carbocycles. The lowest BCUT2D eigenvalue weighted by Crippen LogP contribution is -2.63. The zero-order chi connectivity index (χ0) is 16.6. The standard InChI is InChI=1S/C15H26N2O5/c1-13(2,3)22-12(19)17-15(7-8-21-9-15)14(5-6-14)10(16)11(18)20-4/h10H,5-9,16H2,1-4H3,(H,17,19). The molecule has 1 heterocycles. The molecule has 0 spiro atoms. The first kappa shape index (κ1) is 17.0. The fourth-order valence-electron chi connectivity index (χ4n) is 3.25. The van der Waals surface area contributed by atoms with Crippen molar-refractivity contribution in [2.24, 2.45) is 11.1 Å². The van der Waals surface area contributed by atoms with Crippen molar-refractivity contribution in [3.8, 4) is 0 Å². The average molecular weight is 314 g/mol. The molecule has 1 amide bonds. The largest absolute Gasteiger partial charge is 0.468 e. The van der Waals surface area contributed by atoms with Gasteiger partial charge >= 0.3 is 12.1 Å². The van der Waals surface area contributed by atoms with Gasteiger partial charge in [-0.05, 0) is 40.0 Å². The van der Waals surface area contributed by atoms with Crippen LogP contribution in [0.5, 0.6) is 0 Å². The van der Waals surface area contributed by atoms with Crippen LogP contribution in [0.2, 0.25) is 0 Å². The molecule has 2 atom stereocenters. The van der Waals surface area contributed by atoms with Crippen molar-refractivity contribution >= 4 is 12.1 Å². The minimum atomic E-state index is -0.783. The molecular formula is C15H26N2O5. The van der Waals surface area contributed by atoms with Crippen LogP contribution < -0.4 is 11.1 Å². The molecule has 1 saturated carbocycles. The average Bonchev–Trinajstić information content (AvgIpc) is 3.10. The normalized spacial score (nSPS) is 27.9. The Morgan fingerprint density at radius 3 is 2.32 bits per heavy atom. The SMILES string of the molecule is COC(=O)C(N)C1(C2(NC(=O)OC(C)(C)C)CCOC2)CC1. The van der Waals surface area contributed by atoms with Crippen LogP contribution in [-0.4, -0.2) is 49.6 Å². The van der Waals surface area contributed by atoms with Crippen LogP contribution in [0.3, 0.4) is 0 Å². The number of rotatable bonds is 4. The Labute approximate surface area is 130 Å². The van der Waals surface area contributed by atoms with E-state index in [0.717, 1.165) is 12.8 Å². The number of ether oxygens (including phenoxy) is 3. The van der Waals surface area contributed by atoms with E-state index in [2.05, 4.69) is 5.32 Å². The van der Waals surface area contributed by atoms with E-state index >= 15 is 0 Å². The monoisotopic (exact) mass is 314 g/mol. The molecule has 7 nitrogen and oxygen atoms in total. The van der Waals surface area contributed by atoms with Gasteiger partial charge in [0, 0.05) is 12.0 Å². The summed E-state index contributed by atoms with van der Waals surface area (Å²) in [5.74, 6) is -0.463. The molecule has 2 fully saturated rings. The molecule has 1 aliphatic heterocycles. The minimum Gasteiger partial charge on any atom is -0.468 e. The maximum Gasteiger partial charge on any atom is 0.408 e. The van der Waals surface area contributed by atoms with Crippen molar-refractivity contribution in [1.82, 2.24) is 5.32 Å². The Hall–Kier alpha value is -1.34. The molecule has 0 aromatic carbocycles. The summed E-state index contributed by atoms with van der Waals surface area (Å²) in [6.45, 7) is 6.26. The first-order valence-electron chi connectivity index (χ1n) is 7.58. The number of hydrogen-bond acceptors (Lipinski definition) is 6. The second-order valence-electron chi connectivity index (χ2n) is 7.17. The molecule has 0 bridgehead atoms. The lowest BCUT2D eigenvalue weighted by atomic mass is 9.75. The lowest BCUT2D eigenvalue weighted by Gasteiger charge is -2.40. The molecule has 7 heteroatoms. The minimum absolute atomic E-state index is 0.330. The third-order valence-corrected chi connectivity index (χ3v) is 4.55. The highest BCUT2D eigenvalue weighted by molar-refractivity contribution is 5.78. The van der Waals surface area contributed by atoms with Gasteiger partial charge < -0.3 is 25.3 Å². The summed E-state index contributed by atoms with van der Waals surface area (Å²) < 4.78 is 15.6. The summed E-state index contributed by atoms with van der Waals surface area (Å²) in [4.78, 5) is 24.1. The lowest BCUT2D eigenvalue weighted by molar-refractivity contribution is -0.145. The molecular weight excluding hydrogens is 288 g/mol. The molecule has 126 valence electrons. The first-order valence-corrected chi connectivity index (χ1v) is 7.58. The Balaban J connectivity index is 2.19. The van der Waals surface area contributed by atoms with Crippen molar-refractivity contribution in [2.45, 2.75) is 57.2 Å². The number of methoxy groups -OCH3 is 1. The van der Waals surface area contributed by atoms with E-state index in [0.29, 0.717) is 19.6 Å². The van der Waals surface area contributed by atoms with Gasteiger partial charge in [0.15, 0.2) is 0 Å².